The number of carbonyl (C=O) groups excluding carboxylic acids is 1. The van der Waals surface area contributed by atoms with Crippen molar-refractivity contribution in [1.82, 2.24) is 0 Å². The third-order valence-electron chi connectivity index (χ3n) is 1.94. The van der Waals surface area contributed by atoms with Crippen LogP contribution in [0.2, 0.25) is 0 Å². The number of hydrogen-bond donors (Lipinski definition) is 1. The number of esters is 1. The summed E-state index contributed by atoms with van der Waals surface area (Å²) in [4.78, 5) is 32.1. The van der Waals surface area contributed by atoms with Crippen molar-refractivity contribution in [3.8, 4) is 0 Å². The van der Waals surface area contributed by atoms with E-state index in [1.54, 1.807) is 6.92 Å². The molecule has 0 aliphatic heterocycles. The zero-order valence-electron chi connectivity index (χ0n) is 8.87. The molecule has 0 saturated heterocycles. The van der Waals surface area contributed by atoms with Gasteiger partial charge in [0, 0.05) is 12.1 Å². The highest BCUT2D eigenvalue weighted by Gasteiger charge is 2.21. The fourth-order valence-corrected chi connectivity index (χ4v) is 1.21. The molecular formula is C10H9NO6. The molecule has 0 amide bonds. The Bertz CT molecular complexity index is 482. The highest BCUT2D eigenvalue weighted by atomic mass is 16.6. The third-order valence-corrected chi connectivity index (χ3v) is 1.94. The van der Waals surface area contributed by atoms with E-state index in [2.05, 4.69) is 4.74 Å². The number of nitro benzene ring substituents is 1. The summed E-state index contributed by atoms with van der Waals surface area (Å²) in [5, 5.41) is 19.4. The van der Waals surface area contributed by atoms with E-state index in [0.717, 1.165) is 18.2 Å². The summed E-state index contributed by atoms with van der Waals surface area (Å²) >= 11 is 0. The Labute approximate surface area is 95.8 Å². The smallest absolute Gasteiger partial charge is 0.339 e. The molecule has 0 spiro atoms. The first-order chi connectivity index (χ1) is 7.97. The van der Waals surface area contributed by atoms with E-state index in [9.17, 15) is 19.7 Å². The van der Waals surface area contributed by atoms with E-state index in [1.165, 1.54) is 0 Å². The molecule has 17 heavy (non-hydrogen) atoms. The largest absolute Gasteiger partial charge is 0.478 e. The molecule has 0 unspecified atom stereocenters. The molecule has 0 atom stereocenters. The summed E-state index contributed by atoms with van der Waals surface area (Å²) in [6, 6.07) is 2.92. The van der Waals surface area contributed by atoms with Gasteiger partial charge in [-0.2, -0.15) is 0 Å². The number of nitro groups is 1. The summed E-state index contributed by atoms with van der Waals surface area (Å²) in [6.45, 7) is 1.61. The predicted molar refractivity (Wildman–Crippen MR) is 56.0 cm³/mol. The molecule has 90 valence electrons. The minimum absolute atomic E-state index is 0.0561. The number of carboxylic acid groups (broad SMARTS) is 1. The van der Waals surface area contributed by atoms with E-state index in [4.69, 9.17) is 5.11 Å². The first-order valence-corrected chi connectivity index (χ1v) is 4.66. The Morgan fingerprint density at radius 3 is 2.53 bits per heavy atom. The van der Waals surface area contributed by atoms with Crippen molar-refractivity contribution in [2.45, 2.75) is 6.92 Å². The van der Waals surface area contributed by atoms with Crippen LogP contribution in [0, 0.1) is 10.1 Å². The molecule has 1 N–H and O–H groups in total. The van der Waals surface area contributed by atoms with Gasteiger partial charge in [-0.05, 0) is 13.0 Å². The second kappa shape index (κ2) is 5.06. The van der Waals surface area contributed by atoms with Crippen LogP contribution < -0.4 is 0 Å². The fraction of sp³-hybridized carbons (Fsp3) is 0.200. The summed E-state index contributed by atoms with van der Waals surface area (Å²) in [7, 11) is 0. The summed E-state index contributed by atoms with van der Waals surface area (Å²) in [5.74, 6) is -2.24. The SMILES string of the molecule is CCOC(=O)c1cc([N+](=O)[O-])ccc1C(=O)O. The number of benzene rings is 1. The lowest BCUT2D eigenvalue weighted by atomic mass is 10.1. The van der Waals surface area contributed by atoms with Gasteiger partial charge in [0.1, 0.15) is 0 Å². The number of rotatable bonds is 4. The van der Waals surface area contributed by atoms with Crippen LogP contribution in [-0.2, 0) is 4.74 Å². The van der Waals surface area contributed by atoms with Crippen molar-refractivity contribution in [2.75, 3.05) is 6.61 Å². The second-order valence-corrected chi connectivity index (χ2v) is 3.01. The maximum absolute atomic E-state index is 11.4. The van der Waals surface area contributed by atoms with Gasteiger partial charge in [0.25, 0.3) is 5.69 Å². The first-order valence-electron chi connectivity index (χ1n) is 4.66. The number of non-ortho nitro benzene ring substituents is 1. The minimum atomic E-state index is -1.34. The molecule has 0 bridgehead atoms. The standard InChI is InChI=1S/C10H9NO6/c1-2-17-10(14)8-5-6(11(15)16)3-4-7(8)9(12)13/h3-5H,2H2,1H3,(H,12,13). The Kier molecular flexibility index (Phi) is 3.76. The van der Waals surface area contributed by atoms with Crippen LogP contribution in [0.3, 0.4) is 0 Å². The van der Waals surface area contributed by atoms with Crippen LogP contribution in [-0.4, -0.2) is 28.6 Å². The molecule has 0 saturated carbocycles. The van der Waals surface area contributed by atoms with Gasteiger partial charge in [0.15, 0.2) is 0 Å². The summed E-state index contributed by atoms with van der Waals surface area (Å²) < 4.78 is 4.63. The molecule has 0 radical (unpaired) electrons. The van der Waals surface area contributed by atoms with Crippen molar-refractivity contribution < 1.29 is 24.4 Å². The second-order valence-electron chi connectivity index (χ2n) is 3.01. The fourth-order valence-electron chi connectivity index (χ4n) is 1.21. The van der Waals surface area contributed by atoms with Crippen molar-refractivity contribution in [1.29, 1.82) is 0 Å². The van der Waals surface area contributed by atoms with Gasteiger partial charge >= 0.3 is 11.9 Å². The van der Waals surface area contributed by atoms with E-state index >= 15 is 0 Å². The predicted octanol–water partition coefficient (Wildman–Crippen LogP) is 1.47. The van der Waals surface area contributed by atoms with E-state index in [-0.39, 0.29) is 23.4 Å². The highest BCUT2D eigenvalue weighted by Crippen LogP contribution is 2.19. The zero-order chi connectivity index (χ0) is 13.0. The van der Waals surface area contributed by atoms with Gasteiger partial charge in [-0.15, -0.1) is 0 Å². The number of ether oxygens (including phenoxy) is 1. The van der Waals surface area contributed by atoms with Crippen LogP contribution in [0.25, 0.3) is 0 Å². The Hall–Kier alpha value is -2.44. The van der Waals surface area contributed by atoms with Crippen LogP contribution in [0.1, 0.15) is 27.6 Å². The van der Waals surface area contributed by atoms with Crippen LogP contribution in [0.15, 0.2) is 18.2 Å². The van der Waals surface area contributed by atoms with Gasteiger partial charge in [-0.1, -0.05) is 0 Å². The molecule has 0 heterocycles. The van der Waals surface area contributed by atoms with Crippen molar-refractivity contribution in [3.63, 3.8) is 0 Å². The van der Waals surface area contributed by atoms with E-state index in [1.807, 2.05) is 0 Å². The normalized spacial score (nSPS) is 9.71. The van der Waals surface area contributed by atoms with Gasteiger partial charge in [0.05, 0.1) is 22.7 Å². The molecule has 0 aliphatic rings. The van der Waals surface area contributed by atoms with Crippen LogP contribution in [0.5, 0.6) is 0 Å². The van der Waals surface area contributed by atoms with Crippen molar-refractivity contribution in [2.24, 2.45) is 0 Å². The van der Waals surface area contributed by atoms with Gasteiger partial charge in [-0.3, -0.25) is 10.1 Å². The Morgan fingerprint density at radius 2 is 2.06 bits per heavy atom. The molecule has 0 aliphatic carbocycles. The van der Waals surface area contributed by atoms with Gasteiger partial charge in [-0.25, -0.2) is 9.59 Å². The summed E-state index contributed by atoms with van der Waals surface area (Å²) in [6.07, 6.45) is 0. The Morgan fingerprint density at radius 1 is 1.41 bits per heavy atom. The molecule has 0 aromatic heterocycles. The lowest BCUT2D eigenvalue weighted by molar-refractivity contribution is -0.384. The quantitative estimate of drug-likeness (QED) is 0.484. The topological polar surface area (TPSA) is 107 Å². The molecule has 1 rings (SSSR count). The monoisotopic (exact) mass is 239 g/mol. The molecule has 7 nitrogen and oxygen atoms in total. The molecule has 1 aromatic carbocycles. The van der Waals surface area contributed by atoms with Crippen molar-refractivity contribution in [3.05, 3.63) is 39.4 Å². The van der Waals surface area contributed by atoms with Crippen LogP contribution >= 0.6 is 0 Å². The van der Waals surface area contributed by atoms with E-state index < -0.39 is 16.9 Å². The van der Waals surface area contributed by atoms with Crippen molar-refractivity contribution >= 4 is 17.6 Å². The number of aromatic carboxylic acids is 1. The first kappa shape index (κ1) is 12.6. The molecule has 1 aromatic rings. The number of carbonyl (C=O) groups is 2. The maximum atomic E-state index is 11.4. The minimum Gasteiger partial charge on any atom is -0.478 e. The maximum Gasteiger partial charge on any atom is 0.339 e. The van der Waals surface area contributed by atoms with E-state index in [0.29, 0.717) is 0 Å². The number of hydrogen-bond acceptors (Lipinski definition) is 5. The number of carboxylic acids is 1. The van der Waals surface area contributed by atoms with Gasteiger partial charge in [0.2, 0.25) is 0 Å². The average molecular weight is 239 g/mol. The van der Waals surface area contributed by atoms with Crippen LogP contribution in [0.4, 0.5) is 5.69 Å². The summed E-state index contributed by atoms with van der Waals surface area (Å²) in [5.41, 5.74) is -1.01. The molecule has 7 heteroatoms. The molecular weight excluding hydrogens is 230 g/mol. The average Bonchev–Trinajstić information content (AvgIpc) is 2.28. The lowest BCUT2D eigenvalue weighted by Crippen LogP contribution is -2.12. The Balaban J connectivity index is 3.30. The zero-order valence-corrected chi connectivity index (χ0v) is 8.87. The lowest BCUT2D eigenvalue weighted by Gasteiger charge is -2.05. The highest BCUT2D eigenvalue weighted by molar-refractivity contribution is 6.02. The number of nitrogens with zero attached hydrogens (tertiary/aromatic N) is 1. The third kappa shape index (κ3) is 2.77. The molecule has 0 fully saturated rings. The van der Waals surface area contributed by atoms with Gasteiger partial charge < -0.3 is 9.84 Å².